The summed E-state index contributed by atoms with van der Waals surface area (Å²) in [6, 6.07) is 5.35. The van der Waals surface area contributed by atoms with E-state index in [9.17, 15) is 5.11 Å². The Kier molecular flexibility index (Phi) is 1.88. The number of hydrogen-bond donors (Lipinski definition) is 3. The molecule has 1 aliphatic rings. The number of aliphatic hydroxyl groups excluding tert-OH is 1. The summed E-state index contributed by atoms with van der Waals surface area (Å²) in [5, 5.41) is 21.5. The SMILES string of the molecule is CC1c2ccc(O)cc2NC1CO. The average Bonchev–Trinajstić information content (AvgIpc) is 2.42. The molecule has 3 heteroatoms. The van der Waals surface area contributed by atoms with Gasteiger partial charge in [0.05, 0.1) is 12.6 Å². The second-order valence-corrected chi connectivity index (χ2v) is 3.49. The smallest absolute Gasteiger partial charge is 0.117 e. The molecule has 0 radical (unpaired) electrons. The van der Waals surface area contributed by atoms with Crippen molar-refractivity contribution in [3.63, 3.8) is 0 Å². The molecule has 13 heavy (non-hydrogen) atoms. The van der Waals surface area contributed by atoms with Gasteiger partial charge in [-0.1, -0.05) is 13.0 Å². The minimum absolute atomic E-state index is 0.0804. The third kappa shape index (κ3) is 1.25. The molecule has 0 fully saturated rings. The Morgan fingerprint density at radius 3 is 2.92 bits per heavy atom. The molecule has 3 nitrogen and oxygen atoms in total. The molecule has 3 N–H and O–H groups in total. The number of phenols is 1. The molecule has 1 aromatic rings. The molecule has 0 amide bonds. The van der Waals surface area contributed by atoms with Crippen LogP contribution in [0.25, 0.3) is 0 Å². The summed E-state index contributed by atoms with van der Waals surface area (Å²) in [5.41, 5.74) is 2.10. The van der Waals surface area contributed by atoms with E-state index < -0.39 is 0 Å². The van der Waals surface area contributed by atoms with Crippen LogP contribution in [0.1, 0.15) is 18.4 Å². The molecule has 2 unspecified atom stereocenters. The van der Waals surface area contributed by atoms with Crippen LogP contribution in [0.4, 0.5) is 5.69 Å². The van der Waals surface area contributed by atoms with Crippen molar-refractivity contribution < 1.29 is 10.2 Å². The summed E-state index contributed by atoms with van der Waals surface area (Å²) >= 11 is 0. The van der Waals surface area contributed by atoms with Gasteiger partial charge in [0.2, 0.25) is 0 Å². The zero-order valence-corrected chi connectivity index (χ0v) is 7.49. The quantitative estimate of drug-likeness (QED) is 0.608. The van der Waals surface area contributed by atoms with Crippen LogP contribution in [0.5, 0.6) is 5.75 Å². The van der Waals surface area contributed by atoms with Gasteiger partial charge in [0.1, 0.15) is 5.75 Å². The number of fused-ring (bicyclic) bond motifs is 1. The van der Waals surface area contributed by atoms with Gasteiger partial charge in [-0.3, -0.25) is 0 Å². The molecular weight excluding hydrogens is 166 g/mol. The second-order valence-electron chi connectivity index (χ2n) is 3.49. The lowest BCUT2D eigenvalue weighted by Gasteiger charge is -2.12. The molecule has 0 bridgehead atoms. The summed E-state index contributed by atoms with van der Waals surface area (Å²) in [6.07, 6.45) is 0. The molecule has 2 rings (SSSR count). The molecule has 1 aliphatic heterocycles. The summed E-state index contributed by atoms with van der Waals surface area (Å²) in [5.74, 6) is 0.567. The van der Waals surface area contributed by atoms with Crippen LogP contribution in [0.3, 0.4) is 0 Å². The topological polar surface area (TPSA) is 52.5 Å². The van der Waals surface area contributed by atoms with Crippen LogP contribution in [0.2, 0.25) is 0 Å². The van der Waals surface area contributed by atoms with Crippen LogP contribution in [-0.2, 0) is 0 Å². The molecule has 70 valence electrons. The first-order chi connectivity index (χ1) is 6.22. The lowest BCUT2D eigenvalue weighted by molar-refractivity contribution is 0.266. The highest BCUT2D eigenvalue weighted by Crippen LogP contribution is 2.37. The number of nitrogens with one attached hydrogen (secondary N) is 1. The second kappa shape index (κ2) is 2.92. The van der Waals surface area contributed by atoms with E-state index in [2.05, 4.69) is 12.2 Å². The number of rotatable bonds is 1. The van der Waals surface area contributed by atoms with Gasteiger partial charge in [0.25, 0.3) is 0 Å². The molecule has 1 heterocycles. The lowest BCUT2D eigenvalue weighted by atomic mass is 9.98. The van der Waals surface area contributed by atoms with Crippen LogP contribution in [0.15, 0.2) is 18.2 Å². The average molecular weight is 179 g/mol. The fourth-order valence-corrected chi connectivity index (χ4v) is 1.81. The minimum atomic E-state index is 0.0804. The van der Waals surface area contributed by atoms with E-state index in [1.165, 1.54) is 0 Å². The highest BCUT2D eigenvalue weighted by molar-refractivity contribution is 5.61. The van der Waals surface area contributed by atoms with E-state index in [1.54, 1.807) is 12.1 Å². The highest BCUT2D eigenvalue weighted by Gasteiger charge is 2.27. The first-order valence-corrected chi connectivity index (χ1v) is 4.42. The Labute approximate surface area is 77.0 Å². The number of benzene rings is 1. The van der Waals surface area contributed by atoms with Gasteiger partial charge in [-0.2, -0.15) is 0 Å². The van der Waals surface area contributed by atoms with Crippen molar-refractivity contribution in [3.8, 4) is 5.75 Å². The van der Waals surface area contributed by atoms with Gasteiger partial charge >= 0.3 is 0 Å². The normalized spacial score (nSPS) is 25.4. The maximum Gasteiger partial charge on any atom is 0.117 e. The molecule has 1 aromatic carbocycles. The minimum Gasteiger partial charge on any atom is -0.508 e. The maximum absolute atomic E-state index is 9.24. The zero-order valence-electron chi connectivity index (χ0n) is 7.49. The lowest BCUT2D eigenvalue weighted by Crippen LogP contribution is -2.22. The van der Waals surface area contributed by atoms with Gasteiger partial charge in [0, 0.05) is 17.7 Å². The Morgan fingerprint density at radius 2 is 2.23 bits per heavy atom. The van der Waals surface area contributed by atoms with Crippen molar-refractivity contribution in [1.29, 1.82) is 0 Å². The van der Waals surface area contributed by atoms with Crippen molar-refractivity contribution in [2.75, 3.05) is 11.9 Å². The van der Waals surface area contributed by atoms with E-state index in [0.29, 0.717) is 5.92 Å². The number of aliphatic hydroxyl groups is 1. The van der Waals surface area contributed by atoms with Crippen molar-refractivity contribution >= 4 is 5.69 Å². The predicted molar refractivity (Wildman–Crippen MR) is 51.0 cm³/mol. The number of aromatic hydroxyl groups is 1. The third-order valence-corrected chi connectivity index (χ3v) is 2.67. The van der Waals surface area contributed by atoms with Crippen LogP contribution >= 0.6 is 0 Å². The maximum atomic E-state index is 9.24. The number of hydrogen-bond acceptors (Lipinski definition) is 3. The standard InChI is InChI=1S/C10H13NO2/c1-6-8-3-2-7(13)4-9(8)11-10(6)5-12/h2-4,6,10-13H,5H2,1H3. The monoisotopic (exact) mass is 179 g/mol. The fraction of sp³-hybridized carbons (Fsp3) is 0.400. The molecule has 0 saturated carbocycles. The molecule has 2 atom stereocenters. The summed E-state index contributed by atoms with van der Waals surface area (Å²) in [4.78, 5) is 0. The van der Waals surface area contributed by atoms with Gasteiger partial charge in [0.15, 0.2) is 0 Å². The predicted octanol–water partition coefficient (Wildman–Crippen LogP) is 1.28. The van der Waals surface area contributed by atoms with E-state index in [4.69, 9.17) is 5.11 Å². The van der Waals surface area contributed by atoms with Crippen LogP contribution < -0.4 is 5.32 Å². The molecular formula is C10H13NO2. The third-order valence-electron chi connectivity index (χ3n) is 2.67. The fourth-order valence-electron chi connectivity index (χ4n) is 1.81. The highest BCUT2D eigenvalue weighted by atomic mass is 16.3. The molecule has 0 spiro atoms. The summed E-state index contributed by atoms with van der Waals surface area (Å²) in [7, 11) is 0. The summed E-state index contributed by atoms with van der Waals surface area (Å²) in [6.45, 7) is 2.19. The van der Waals surface area contributed by atoms with Crippen molar-refractivity contribution in [1.82, 2.24) is 0 Å². The Morgan fingerprint density at radius 1 is 1.46 bits per heavy atom. The van der Waals surface area contributed by atoms with E-state index >= 15 is 0 Å². The van der Waals surface area contributed by atoms with Gasteiger partial charge in [-0.25, -0.2) is 0 Å². The Balaban J connectivity index is 2.38. The van der Waals surface area contributed by atoms with E-state index in [0.717, 1.165) is 11.3 Å². The van der Waals surface area contributed by atoms with Crippen LogP contribution in [-0.4, -0.2) is 22.9 Å². The first-order valence-electron chi connectivity index (χ1n) is 4.42. The molecule has 0 aromatic heterocycles. The van der Waals surface area contributed by atoms with Crippen molar-refractivity contribution in [2.45, 2.75) is 18.9 Å². The van der Waals surface area contributed by atoms with Gasteiger partial charge in [-0.15, -0.1) is 0 Å². The Bertz CT molecular complexity index is 325. The van der Waals surface area contributed by atoms with Crippen molar-refractivity contribution in [2.24, 2.45) is 0 Å². The van der Waals surface area contributed by atoms with Crippen LogP contribution in [0, 0.1) is 0 Å². The number of phenolic OH excluding ortho intramolecular Hbond substituents is 1. The number of anilines is 1. The summed E-state index contributed by atoms with van der Waals surface area (Å²) < 4.78 is 0. The van der Waals surface area contributed by atoms with Gasteiger partial charge in [-0.05, 0) is 11.6 Å². The van der Waals surface area contributed by atoms with Gasteiger partial charge < -0.3 is 15.5 Å². The van der Waals surface area contributed by atoms with Crippen molar-refractivity contribution in [3.05, 3.63) is 23.8 Å². The zero-order chi connectivity index (χ0) is 9.42. The molecule has 0 aliphatic carbocycles. The first kappa shape index (κ1) is 8.38. The largest absolute Gasteiger partial charge is 0.508 e. The van der Waals surface area contributed by atoms with E-state index in [1.807, 2.05) is 6.07 Å². The Hall–Kier alpha value is -1.22. The van der Waals surface area contributed by atoms with E-state index in [-0.39, 0.29) is 18.4 Å². The molecule has 0 saturated heterocycles.